The van der Waals surface area contributed by atoms with E-state index in [1.807, 2.05) is 24.3 Å². The van der Waals surface area contributed by atoms with E-state index in [0.29, 0.717) is 0 Å². The minimum absolute atomic E-state index is 0.880. The predicted octanol–water partition coefficient (Wildman–Crippen LogP) is 4.89. The topological polar surface area (TPSA) is 21.3 Å². The molecule has 0 saturated heterocycles. The Morgan fingerprint density at radius 2 is 1.85 bits per heavy atom. The fourth-order valence-corrected chi connectivity index (χ4v) is 2.33. The molecular weight excluding hydrogens is 361 g/mol. The van der Waals surface area contributed by atoms with Crippen LogP contribution >= 0.6 is 22.6 Å². The number of ether oxygens (including phenoxy) is 1. The average molecular weight is 381 g/mol. The minimum atomic E-state index is 0.880. The Labute approximate surface area is 134 Å². The van der Waals surface area contributed by atoms with Crippen LogP contribution in [0.5, 0.6) is 11.5 Å². The molecule has 2 nitrogen and oxygen atoms in total. The highest BCUT2D eigenvalue weighted by Crippen LogP contribution is 2.26. The first-order valence-electron chi connectivity index (χ1n) is 6.92. The Balaban J connectivity index is 2.03. The van der Waals surface area contributed by atoms with Crippen LogP contribution in [0, 0.1) is 10.5 Å². The molecule has 0 aliphatic rings. The lowest BCUT2D eigenvalue weighted by Gasteiger charge is -2.11. The van der Waals surface area contributed by atoms with E-state index in [0.717, 1.165) is 31.0 Å². The molecule has 0 spiro atoms. The van der Waals surface area contributed by atoms with Gasteiger partial charge in [0.1, 0.15) is 11.5 Å². The minimum Gasteiger partial charge on any atom is -0.457 e. The van der Waals surface area contributed by atoms with Gasteiger partial charge in [-0.15, -0.1) is 0 Å². The van der Waals surface area contributed by atoms with Crippen LogP contribution in [0.15, 0.2) is 42.5 Å². The van der Waals surface area contributed by atoms with E-state index in [4.69, 9.17) is 4.74 Å². The Hall–Kier alpha value is -1.07. The van der Waals surface area contributed by atoms with E-state index >= 15 is 0 Å². The summed E-state index contributed by atoms with van der Waals surface area (Å²) in [5.41, 5.74) is 2.46. The van der Waals surface area contributed by atoms with E-state index in [9.17, 15) is 0 Å². The van der Waals surface area contributed by atoms with Gasteiger partial charge in [-0.2, -0.15) is 0 Å². The fraction of sp³-hybridized carbons (Fsp3) is 0.294. The summed E-state index contributed by atoms with van der Waals surface area (Å²) in [5, 5.41) is 3.41. The first kappa shape index (κ1) is 15.3. The average Bonchev–Trinajstić information content (AvgIpc) is 2.44. The van der Waals surface area contributed by atoms with Crippen LogP contribution in [-0.4, -0.2) is 6.54 Å². The highest BCUT2D eigenvalue weighted by molar-refractivity contribution is 14.1. The van der Waals surface area contributed by atoms with Gasteiger partial charge in [0.05, 0.1) is 0 Å². The van der Waals surface area contributed by atoms with Gasteiger partial charge in [-0.1, -0.05) is 19.1 Å². The van der Waals surface area contributed by atoms with Crippen LogP contribution in [0.3, 0.4) is 0 Å². The van der Waals surface area contributed by atoms with Crippen molar-refractivity contribution in [2.45, 2.75) is 26.8 Å². The number of hydrogen-bond donors (Lipinski definition) is 1. The number of rotatable bonds is 6. The molecule has 0 amide bonds. The molecule has 0 fully saturated rings. The van der Waals surface area contributed by atoms with E-state index in [2.05, 4.69) is 60.0 Å². The summed E-state index contributed by atoms with van der Waals surface area (Å²) in [4.78, 5) is 0. The van der Waals surface area contributed by atoms with Gasteiger partial charge in [0, 0.05) is 10.1 Å². The normalized spacial score (nSPS) is 10.6. The van der Waals surface area contributed by atoms with E-state index in [-0.39, 0.29) is 0 Å². The van der Waals surface area contributed by atoms with Gasteiger partial charge in [0.25, 0.3) is 0 Å². The van der Waals surface area contributed by atoms with Crippen molar-refractivity contribution in [1.82, 2.24) is 5.32 Å². The summed E-state index contributed by atoms with van der Waals surface area (Å²) in [6, 6.07) is 14.5. The molecule has 2 rings (SSSR count). The fourth-order valence-electron chi connectivity index (χ4n) is 1.98. The summed E-state index contributed by atoms with van der Waals surface area (Å²) in [5.74, 6) is 1.80. The Bertz CT molecular complexity index is 551. The number of aryl methyl sites for hydroxylation is 1. The third kappa shape index (κ3) is 4.49. The maximum absolute atomic E-state index is 5.92. The van der Waals surface area contributed by atoms with Crippen LogP contribution in [0.25, 0.3) is 0 Å². The summed E-state index contributed by atoms with van der Waals surface area (Å²) < 4.78 is 7.13. The number of hydrogen-bond acceptors (Lipinski definition) is 2. The third-order valence-electron chi connectivity index (χ3n) is 3.04. The van der Waals surface area contributed by atoms with Crippen molar-refractivity contribution in [2.75, 3.05) is 6.54 Å². The van der Waals surface area contributed by atoms with Crippen molar-refractivity contribution < 1.29 is 4.74 Å². The highest BCUT2D eigenvalue weighted by Gasteiger charge is 2.03. The zero-order valence-corrected chi connectivity index (χ0v) is 14.1. The van der Waals surface area contributed by atoms with Gasteiger partial charge in [-0.25, -0.2) is 0 Å². The van der Waals surface area contributed by atoms with Crippen LogP contribution < -0.4 is 10.1 Å². The Morgan fingerprint density at radius 1 is 1.10 bits per heavy atom. The smallest absolute Gasteiger partial charge is 0.130 e. The summed E-state index contributed by atoms with van der Waals surface area (Å²) in [7, 11) is 0. The van der Waals surface area contributed by atoms with Crippen LogP contribution in [0.2, 0.25) is 0 Å². The number of nitrogens with one attached hydrogen (secondary N) is 1. The van der Waals surface area contributed by atoms with Gasteiger partial charge in [-0.05, 0) is 83.9 Å². The Morgan fingerprint density at radius 3 is 2.50 bits per heavy atom. The standard InChI is InChI=1S/C17H20INO/c1-3-10-19-12-14-4-9-17(13(2)11-14)20-16-7-5-15(18)6-8-16/h4-9,11,19H,3,10,12H2,1-2H3. The van der Waals surface area contributed by atoms with Crippen molar-refractivity contribution in [2.24, 2.45) is 0 Å². The van der Waals surface area contributed by atoms with Gasteiger partial charge in [0.2, 0.25) is 0 Å². The molecule has 1 N–H and O–H groups in total. The lowest BCUT2D eigenvalue weighted by molar-refractivity contribution is 0.478. The van der Waals surface area contributed by atoms with Crippen molar-refractivity contribution in [1.29, 1.82) is 0 Å². The van der Waals surface area contributed by atoms with Crippen LogP contribution in [0.1, 0.15) is 24.5 Å². The second-order valence-corrected chi connectivity index (χ2v) is 6.08. The SMILES string of the molecule is CCCNCc1ccc(Oc2ccc(I)cc2)c(C)c1. The molecule has 3 heteroatoms. The molecular formula is C17H20INO. The molecule has 0 aromatic heterocycles. The largest absolute Gasteiger partial charge is 0.457 e. The highest BCUT2D eigenvalue weighted by atomic mass is 127. The van der Waals surface area contributed by atoms with E-state index in [1.165, 1.54) is 14.7 Å². The van der Waals surface area contributed by atoms with Gasteiger partial charge in [-0.3, -0.25) is 0 Å². The molecule has 0 bridgehead atoms. The summed E-state index contributed by atoms with van der Waals surface area (Å²) in [6.07, 6.45) is 1.16. The van der Waals surface area contributed by atoms with Gasteiger partial charge in [0.15, 0.2) is 0 Å². The molecule has 0 atom stereocenters. The van der Waals surface area contributed by atoms with Crippen molar-refractivity contribution in [3.05, 3.63) is 57.2 Å². The summed E-state index contributed by atoms with van der Waals surface area (Å²) >= 11 is 2.29. The zero-order valence-electron chi connectivity index (χ0n) is 11.9. The van der Waals surface area contributed by atoms with Crippen molar-refractivity contribution >= 4 is 22.6 Å². The first-order valence-corrected chi connectivity index (χ1v) is 8.00. The first-order chi connectivity index (χ1) is 9.69. The molecule has 0 saturated carbocycles. The molecule has 106 valence electrons. The monoisotopic (exact) mass is 381 g/mol. The molecule has 0 radical (unpaired) electrons. The van der Waals surface area contributed by atoms with Crippen molar-refractivity contribution in [3.8, 4) is 11.5 Å². The van der Waals surface area contributed by atoms with Crippen LogP contribution in [-0.2, 0) is 6.54 Å². The maximum Gasteiger partial charge on any atom is 0.130 e. The molecule has 0 aliphatic carbocycles. The molecule has 2 aromatic rings. The molecule has 2 aromatic carbocycles. The van der Waals surface area contributed by atoms with E-state index < -0.39 is 0 Å². The van der Waals surface area contributed by atoms with Gasteiger partial charge < -0.3 is 10.1 Å². The molecule has 0 unspecified atom stereocenters. The molecule has 20 heavy (non-hydrogen) atoms. The Kier molecular flexibility index (Phi) is 5.86. The maximum atomic E-state index is 5.92. The lowest BCUT2D eigenvalue weighted by atomic mass is 10.1. The van der Waals surface area contributed by atoms with Crippen molar-refractivity contribution in [3.63, 3.8) is 0 Å². The molecule has 0 aliphatic heterocycles. The lowest BCUT2D eigenvalue weighted by Crippen LogP contribution is -2.13. The molecule has 0 heterocycles. The van der Waals surface area contributed by atoms with Crippen LogP contribution in [0.4, 0.5) is 0 Å². The number of halogens is 1. The predicted molar refractivity (Wildman–Crippen MR) is 92.4 cm³/mol. The zero-order chi connectivity index (χ0) is 14.4. The summed E-state index contributed by atoms with van der Waals surface area (Å²) in [6.45, 7) is 6.24. The van der Waals surface area contributed by atoms with Gasteiger partial charge >= 0.3 is 0 Å². The number of benzene rings is 2. The van der Waals surface area contributed by atoms with E-state index in [1.54, 1.807) is 0 Å². The second-order valence-electron chi connectivity index (χ2n) is 4.83. The quantitative estimate of drug-likeness (QED) is 0.568. The second kappa shape index (κ2) is 7.64. The third-order valence-corrected chi connectivity index (χ3v) is 3.76.